The Morgan fingerprint density at radius 1 is 1.30 bits per heavy atom. The van der Waals surface area contributed by atoms with Gasteiger partial charge in [-0.1, -0.05) is 29.4 Å². The lowest BCUT2D eigenvalue weighted by Gasteiger charge is -2.13. The third-order valence-electron chi connectivity index (χ3n) is 4.78. The highest BCUT2D eigenvalue weighted by Gasteiger charge is 2.15. The van der Waals surface area contributed by atoms with Crippen LogP contribution in [-0.4, -0.2) is 39.3 Å². The maximum absolute atomic E-state index is 13.1. The van der Waals surface area contributed by atoms with Crippen LogP contribution in [0, 0.1) is 17.0 Å². The van der Waals surface area contributed by atoms with E-state index in [4.69, 9.17) is 16.3 Å². The van der Waals surface area contributed by atoms with E-state index in [0.717, 1.165) is 11.8 Å². The molecule has 2 aromatic carbocycles. The van der Waals surface area contributed by atoms with Crippen LogP contribution in [0.15, 0.2) is 46.3 Å². The molecule has 0 saturated carbocycles. The van der Waals surface area contributed by atoms with Gasteiger partial charge >= 0.3 is 0 Å². The van der Waals surface area contributed by atoms with Crippen LogP contribution >= 0.6 is 23.4 Å². The fourth-order valence-corrected chi connectivity index (χ4v) is 4.15. The summed E-state index contributed by atoms with van der Waals surface area (Å²) in [7, 11) is 0. The molecule has 33 heavy (non-hydrogen) atoms. The van der Waals surface area contributed by atoms with Gasteiger partial charge in [0.15, 0.2) is 5.16 Å². The van der Waals surface area contributed by atoms with Gasteiger partial charge in [0.1, 0.15) is 0 Å². The topological polar surface area (TPSA) is 116 Å². The number of carbonyl (C=O) groups excluding carboxylic acids is 1. The molecule has 9 nitrogen and oxygen atoms in total. The second kappa shape index (κ2) is 11.3. The molecule has 1 aromatic heterocycles. The molecule has 11 heteroatoms. The minimum Gasteiger partial charge on any atom is -0.382 e. The number of rotatable bonds is 10. The fraction of sp³-hybridized carbons (Fsp3) is 0.318. The van der Waals surface area contributed by atoms with Crippen LogP contribution in [0.5, 0.6) is 0 Å². The van der Waals surface area contributed by atoms with Gasteiger partial charge in [-0.25, -0.2) is 4.98 Å². The van der Waals surface area contributed by atoms with Gasteiger partial charge in [-0.05, 0) is 44.5 Å². The molecule has 0 radical (unpaired) electrons. The number of hydrogen-bond donors (Lipinski definition) is 1. The summed E-state index contributed by atoms with van der Waals surface area (Å²) < 4.78 is 6.90. The summed E-state index contributed by atoms with van der Waals surface area (Å²) in [5.41, 5.74) is 0.986. The lowest BCUT2D eigenvalue weighted by Crippen LogP contribution is -2.25. The summed E-state index contributed by atoms with van der Waals surface area (Å²) in [6, 6.07) is 9.38. The summed E-state index contributed by atoms with van der Waals surface area (Å²) in [6.07, 6.45) is 0.612. The molecule has 3 aromatic rings. The number of benzene rings is 2. The number of halogens is 1. The van der Waals surface area contributed by atoms with E-state index in [1.54, 1.807) is 37.3 Å². The van der Waals surface area contributed by atoms with Crippen molar-refractivity contribution in [2.75, 3.05) is 24.3 Å². The lowest BCUT2D eigenvalue weighted by atomic mass is 10.2. The minimum absolute atomic E-state index is 0.0361. The zero-order valence-corrected chi connectivity index (χ0v) is 19.7. The summed E-state index contributed by atoms with van der Waals surface area (Å²) in [5.74, 6) is -0.412. The largest absolute Gasteiger partial charge is 0.382 e. The average Bonchev–Trinajstić information content (AvgIpc) is 2.77. The summed E-state index contributed by atoms with van der Waals surface area (Å²) in [4.78, 5) is 40.7. The van der Waals surface area contributed by atoms with Crippen LogP contribution in [-0.2, 0) is 16.1 Å². The number of nitro groups is 1. The normalized spacial score (nSPS) is 11.0. The van der Waals surface area contributed by atoms with Gasteiger partial charge in [0.05, 0.1) is 21.6 Å². The molecule has 1 N–H and O–H groups in total. The Morgan fingerprint density at radius 3 is 2.82 bits per heavy atom. The van der Waals surface area contributed by atoms with E-state index in [0.29, 0.717) is 58.5 Å². The number of fused-ring (bicyclic) bond motifs is 1. The molecule has 0 spiro atoms. The Bertz CT molecular complexity index is 1250. The number of nitro benzene ring substituents is 1. The Morgan fingerprint density at radius 2 is 2.09 bits per heavy atom. The number of aromatic nitrogens is 2. The van der Waals surface area contributed by atoms with Gasteiger partial charge in [-0.15, -0.1) is 0 Å². The average molecular weight is 491 g/mol. The van der Waals surface area contributed by atoms with E-state index < -0.39 is 4.92 Å². The van der Waals surface area contributed by atoms with E-state index in [-0.39, 0.29) is 22.9 Å². The molecule has 0 bridgehead atoms. The number of ether oxygens (including phenoxy) is 1. The first-order valence-corrected chi connectivity index (χ1v) is 11.6. The predicted molar refractivity (Wildman–Crippen MR) is 129 cm³/mol. The first-order chi connectivity index (χ1) is 15.8. The number of hydrogen-bond acceptors (Lipinski definition) is 7. The lowest BCUT2D eigenvalue weighted by molar-refractivity contribution is -0.385. The molecular formula is C22H23ClN4O5S. The number of anilines is 1. The van der Waals surface area contributed by atoms with Crippen molar-refractivity contribution in [1.29, 1.82) is 0 Å². The van der Waals surface area contributed by atoms with Crippen molar-refractivity contribution in [2.24, 2.45) is 0 Å². The molecule has 1 amide bonds. The Balaban J connectivity index is 1.80. The smallest absolute Gasteiger partial charge is 0.274 e. The number of nitrogens with zero attached hydrogens (tertiary/aromatic N) is 3. The molecule has 3 rings (SSSR count). The molecular weight excluding hydrogens is 468 g/mol. The summed E-state index contributed by atoms with van der Waals surface area (Å²) in [6.45, 7) is 5.00. The highest BCUT2D eigenvalue weighted by atomic mass is 35.5. The van der Waals surface area contributed by atoms with Crippen molar-refractivity contribution >= 4 is 51.5 Å². The van der Waals surface area contributed by atoms with E-state index in [9.17, 15) is 19.7 Å². The standard InChI is InChI=1S/C22H23ClN4O5S/c1-3-32-10-4-9-26-21(29)17-8-6-15(23)11-18(17)25-22(26)33-13-20(28)24-16-7-5-14(2)19(12-16)27(30)31/h5-8,11-12H,3-4,9-10,13H2,1-2H3,(H,24,28). The molecule has 0 saturated heterocycles. The van der Waals surface area contributed by atoms with Gasteiger partial charge in [0.25, 0.3) is 11.2 Å². The fourth-order valence-electron chi connectivity index (χ4n) is 3.16. The number of aryl methyl sites for hydroxylation is 1. The molecule has 174 valence electrons. The highest BCUT2D eigenvalue weighted by Crippen LogP contribution is 2.24. The Labute approximate surface area is 199 Å². The van der Waals surface area contributed by atoms with E-state index in [1.807, 2.05) is 6.92 Å². The number of thioether (sulfide) groups is 1. The molecule has 0 aliphatic heterocycles. The maximum Gasteiger partial charge on any atom is 0.274 e. The summed E-state index contributed by atoms with van der Waals surface area (Å²) in [5, 5.41) is 15.1. The van der Waals surface area contributed by atoms with Crippen LogP contribution in [0.3, 0.4) is 0 Å². The molecule has 1 heterocycles. The van der Waals surface area contributed by atoms with Gasteiger partial charge in [-0.3, -0.25) is 24.3 Å². The van der Waals surface area contributed by atoms with Gasteiger partial charge < -0.3 is 10.1 Å². The first-order valence-electron chi connectivity index (χ1n) is 10.3. The van der Waals surface area contributed by atoms with Crippen LogP contribution in [0.1, 0.15) is 18.9 Å². The van der Waals surface area contributed by atoms with Crippen molar-refractivity contribution in [3.05, 3.63) is 67.5 Å². The van der Waals surface area contributed by atoms with Crippen molar-refractivity contribution in [2.45, 2.75) is 32.0 Å². The zero-order chi connectivity index (χ0) is 24.0. The molecule has 0 aliphatic carbocycles. The molecule has 0 atom stereocenters. The van der Waals surface area contributed by atoms with Crippen LogP contribution in [0.2, 0.25) is 5.02 Å². The SMILES string of the molecule is CCOCCCn1c(SCC(=O)Nc2ccc(C)c([N+](=O)[O-])c2)nc2cc(Cl)ccc2c1=O. The number of amides is 1. The Kier molecular flexibility index (Phi) is 8.43. The number of carbonyl (C=O) groups is 1. The monoisotopic (exact) mass is 490 g/mol. The first kappa shape index (κ1) is 24.7. The van der Waals surface area contributed by atoms with E-state index >= 15 is 0 Å². The van der Waals surface area contributed by atoms with Crippen molar-refractivity contribution in [3.63, 3.8) is 0 Å². The van der Waals surface area contributed by atoms with E-state index in [1.165, 1.54) is 10.6 Å². The number of nitrogens with one attached hydrogen (secondary N) is 1. The maximum atomic E-state index is 13.1. The predicted octanol–water partition coefficient (Wildman–Crippen LogP) is 4.42. The third-order valence-corrected chi connectivity index (χ3v) is 5.99. The molecule has 0 unspecified atom stereocenters. The van der Waals surface area contributed by atoms with Crippen LogP contribution in [0.4, 0.5) is 11.4 Å². The van der Waals surface area contributed by atoms with Crippen LogP contribution in [0.25, 0.3) is 10.9 Å². The molecule has 0 aliphatic rings. The third kappa shape index (κ3) is 6.31. The molecule has 0 fully saturated rings. The van der Waals surface area contributed by atoms with Crippen molar-refractivity contribution in [3.8, 4) is 0 Å². The van der Waals surface area contributed by atoms with E-state index in [2.05, 4.69) is 10.3 Å². The van der Waals surface area contributed by atoms with Gasteiger partial charge in [0, 0.05) is 42.1 Å². The zero-order valence-electron chi connectivity index (χ0n) is 18.2. The van der Waals surface area contributed by atoms with Crippen molar-refractivity contribution < 1.29 is 14.5 Å². The van der Waals surface area contributed by atoms with Crippen molar-refractivity contribution in [1.82, 2.24) is 9.55 Å². The summed E-state index contributed by atoms with van der Waals surface area (Å²) >= 11 is 7.17. The minimum atomic E-state index is -0.495. The second-order valence-electron chi connectivity index (χ2n) is 7.16. The van der Waals surface area contributed by atoms with Gasteiger partial charge in [-0.2, -0.15) is 0 Å². The highest BCUT2D eigenvalue weighted by molar-refractivity contribution is 7.99. The Hall–Kier alpha value is -2.95. The second-order valence-corrected chi connectivity index (χ2v) is 8.54. The van der Waals surface area contributed by atoms with Crippen LogP contribution < -0.4 is 10.9 Å². The quantitative estimate of drug-likeness (QED) is 0.147. The van der Waals surface area contributed by atoms with Gasteiger partial charge in [0.2, 0.25) is 5.91 Å².